The minimum Gasteiger partial charge on any atom is -0.496 e. The summed E-state index contributed by atoms with van der Waals surface area (Å²) in [5.41, 5.74) is 1.59. The third-order valence-corrected chi connectivity index (χ3v) is 4.54. The van der Waals surface area contributed by atoms with Gasteiger partial charge in [0.15, 0.2) is 17.3 Å². The Kier molecular flexibility index (Phi) is 7.34. The molecule has 0 saturated carbocycles. The highest BCUT2D eigenvalue weighted by atomic mass is 19.3. The topological polar surface area (TPSA) is 106 Å². The van der Waals surface area contributed by atoms with Crippen LogP contribution in [-0.2, 0) is 6.54 Å². The number of alkyl halides is 2. The van der Waals surface area contributed by atoms with Crippen LogP contribution in [0.4, 0.5) is 14.6 Å². The van der Waals surface area contributed by atoms with Crippen LogP contribution < -0.4 is 14.2 Å². The molecule has 9 nitrogen and oxygen atoms in total. The van der Waals surface area contributed by atoms with E-state index in [9.17, 15) is 23.7 Å². The van der Waals surface area contributed by atoms with Crippen LogP contribution in [0.15, 0.2) is 54.7 Å². The summed E-state index contributed by atoms with van der Waals surface area (Å²) in [6, 6.07) is 10.4. The molecule has 0 amide bonds. The molecule has 172 valence electrons. The summed E-state index contributed by atoms with van der Waals surface area (Å²) in [5, 5.41) is 14.7. The van der Waals surface area contributed by atoms with Crippen LogP contribution in [0.5, 0.6) is 17.2 Å². The first kappa shape index (κ1) is 23.4. The number of aromatic nitrogens is 2. The van der Waals surface area contributed by atoms with Crippen molar-refractivity contribution in [3.8, 4) is 17.2 Å². The van der Waals surface area contributed by atoms with Gasteiger partial charge in [-0.05, 0) is 46.9 Å². The van der Waals surface area contributed by atoms with E-state index < -0.39 is 11.5 Å². The third-order valence-electron chi connectivity index (χ3n) is 4.54. The van der Waals surface area contributed by atoms with Gasteiger partial charge in [-0.3, -0.25) is 4.79 Å². The van der Waals surface area contributed by atoms with E-state index in [1.54, 1.807) is 24.3 Å². The van der Waals surface area contributed by atoms with Gasteiger partial charge in [0, 0.05) is 11.1 Å². The summed E-state index contributed by atoms with van der Waals surface area (Å²) in [6.07, 6.45) is 4.39. The maximum Gasteiger partial charge on any atom is 0.389 e. The summed E-state index contributed by atoms with van der Waals surface area (Å²) < 4.78 is 41.0. The van der Waals surface area contributed by atoms with E-state index in [0.717, 1.165) is 0 Å². The van der Waals surface area contributed by atoms with Crippen LogP contribution in [-0.4, -0.2) is 41.3 Å². The van der Waals surface area contributed by atoms with Crippen molar-refractivity contribution in [3.05, 3.63) is 81.5 Å². The van der Waals surface area contributed by atoms with Crippen molar-refractivity contribution in [2.75, 3.05) is 14.2 Å². The molecule has 0 aliphatic rings. The molecule has 0 radical (unpaired) electrons. The number of benzene rings is 2. The molecule has 0 atom stereocenters. The Morgan fingerprint density at radius 3 is 2.48 bits per heavy atom. The van der Waals surface area contributed by atoms with Crippen molar-refractivity contribution in [1.82, 2.24) is 9.78 Å². The molecule has 0 fully saturated rings. The predicted molar refractivity (Wildman–Crippen MR) is 114 cm³/mol. The molecule has 0 aliphatic carbocycles. The molecular weight excluding hydrogens is 440 g/mol. The Morgan fingerprint density at radius 1 is 1.12 bits per heavy atom. The molecule has 0 aliphatic heterocycles. The fourth-order valence-corrected chi connectivity index (χ4v) is 3.02. The number of ether oxygens (including phenoxy) is 3. The second-order valence-corrected chi connectivity index (χ2v) is 6.64. The van der Waals surface area contributed by atoms with Crippen LogP contribution in [0, 0.1) is 10.1 Å². The van der Waals surface area contributed by atoms with Crippen molar-refractivity contribution >= 4 is 17.7 Å². The zero-order chi connectivity index (χ0) is 24.0. The Hall–Kier alpha value is -4.28. The van der Waals surface area contributed by atoms with Crippen molar-refractivity contribution in [2.45, 2.75) is 13.2 Å². The molecule has 3 aromatic rings. The van der Waals surface area contributed by atoms with Gasteiger partial charge in [0.1, 0.15) is 5.75 Å². The van der Waals surface area contributed by atoms with Gasteiger partial charge in [0.05, 0.1) is 38.1 Å². The van der Waals surface area contributed by atoms with E-state index in [1.165, 1.54) is 55.4 Å². The zero-order valence-electron chi connectivity index (χ0n) is 17.6. The molecule has 0 N–H and O–H groups in total. The lowest BCUT2D eigenvalue weighted by atomic mass is 10.1. The summed E-state index contributed by atoms with van der Waals surface area (Å²) >= 11 is 0. The second kappa shape index (κ2) is 10.4. The van der Waals surface area contributed by atoms with Crippen LogP contribution in [0.25, 0.3) is 6.08 Å². The van der Waals surface area contributed by atoms with Gasteiger partial charge < -0.3 is 24.3 Å². The standard InChI is InChI=1S/C22H19F2N3O6/c1-31-18-7-4-14(11-16(18)13-26-10-9-21(25-26)27(29)30)3-6-17(28)15-5-8-19(33-22(23)24)20(12-15)32-2/h3-12,22H,13H2,1-2H3/b6-3+. The Balaban J connectivity index is 1.79. The normalized spacial score (nSPS) is 11.1. The summed E-state index contributed by atoms with van der Waals surface area (Å²) in [7, 11) is 2.78. The number of nitrogens with zero attached hydrogens (tertiary/aromatic N) is 3. The number of nitro groups is 1. The highest BCUT2D eigenvalue weighted by Gasteiger charge is 2.15. The molecule has 2 aromatic carbocycles. The van der Waals surface area contributed by atoms with Gasteiger partial charge in [-0.1, -0.05) is 12.1 Å². The highest BCUT2D eigenvalue weighted by molar-refractivity contribution is 6.07. The van der Waals surface area contributed by atoms with Gasteiger partial charge in [0.2, 0.25) is 0 Å². The number of hydrogen-bond donors (Lipinski definition) is 0. The van der Waals surface area contributed by atoms with E-state index in [2.05, 4.69) is 9.84 Å². The molecule has 33 heavy (non-hydrogen) atoms. The predicted octanol–water partition coefficient (Wildman–Crippen LogP) is 4.35. The number of allylic oxidation sites excluding steroid dienone is 1. The molecule has 1 heterocycles. The summed E-state index contributed by atoms with van der Waals surface area (Å²) in [5.74, 6) is -0.259. The van der Waals surface area contributed by atoms with Gasteiger partial charge in [-0.15, -0.1) is 0 Å². The molecule has 0 saturated heterocycles. The summed E-state index contributed by atoms with van der Waals surface area (Å²) in [4.78, 5) is 22.8. The monoisotopic (exact) mass is 459 g/mol. The molecule has 0 unspecified atom stereocenters. The van der Waals surface area contributed by atoms with Crippen molar-refractivity contribution in [1.29, 1.82) is 0 Å². The lowest BCUT2D eigenvalue weighted by Gasteiger charge is -2.10. The Bertz CT molecular complexity index is 1190. The van der Waals surface area contributed by atoms with Gasteiger partial charge >= 0.3 is 12.4 Å². The average Bonchev–Trinajstić information content (AvgIpc) is 3.26. The molecule has 3 rings (SSSR count). The number of halogens is 2. The van der Waals surface area contributed by atoms with Crippen LogP contribution in [0.1, 0.15) is 21.5 Å². The maximum absolute atomic E-state index is 12.6. The first-order valence-electron chi connectivity index (χ1n) is 9.50. The molecule has 11 heteroatoms. The van der Waals surface area contributed by atoms with E-state index in [-0.39, 0.29) is 35.2 Å². The molecule has 1 aromatic heterocycles. The average molecular weight is 459 g/mol. The summed E-state index contributed by atoms with van der Waals surface area (Å²) in [6.45, 7) is -2.80. The molecule has 0 spiro atoms. The van der Waals surface area contributed by atoms with Crippen LogP contribution in [0.3, 0.4) is 0 Å². The quantitative estimate of drug-likeness (QED) is 0.192. The number of ketones is 1. The minimum atomic E-state index is -3.02. The number of methoxy groups -OCH3 is 2. The highest BCUT2D eigenvalue weighted by Crippen LogP contribution is 2.30. The molecular formula is C22H19F2N3O6. The number of hydrogen-bond acceptors (Lipinski definition) is 7. The van der Waals surface area contributed by atoms with Crippen molar-refractivity contribution in [3.63, 3.8) is 0 Å². The number of carbonyl (C=O) groups is 1. The van der Waals surface area contributed by atoms with E-state index in [0.29, 0.717) is 16.9 Å². The van der Waals surface area contributed by atoms with Crippen molar-refractivity contribution < 1.29 is 32.7 Å². The van der Waals surface area contributed by atoms with Gasteiger partial charge in [0.25, 0.3) is 0 Å². The van der Waals surface area contributed by atoms with E-state index in [1.807, 2.05) is 0 Å². The second-order valence-electron chi connectivity index (χ2n) is 6.64. The van der Waals surface area contributed by atoms with E-state index in [4.69, 9.17) is 9.47 Å². The van der Waals surface area contributed by atoms with Gasteiger partial charge in [-0.25, -0.2) is 0 Å². The smallest absolute Gasteiger partial charge is 0.389 e. The Morgan fingerprint density at radius 2 is 1.85 bits per heavy atom. The Labute approximate surface area is 187 Å². The fraction of sp³-hybridized carbons (Fsp3) is 0.182. The van der Waals surface area contributed by atoms with E-state index >= 15 is 0 Å². The SMILES string of the molecule is COc1ccc(/C=C/C(=O)c2ccc(OC(F)F)c(OC)c2)cc1Cn1ccc([N+](=O)[O-])n1. The zero-order valence-corrected chi connectivity index (χ0v) is 17.6. The maximum atomic E-state index is 12.6. The third kappa shape index (κ3) is 5.91. The fourth-order valence-electron chi connectivity index (χ4n) is 3.02. The first-order chi connectivity index (χ1) is 15.8. The lowest BCUT2D eigenvalue weighted by molar-refractivity contribution is -0.389. The number of rotatable bonds is 10. The van der Waals surface area contributed by atoms with Crippen LogP contribution >= 0.6 is 0 Å². The van der Waals surface area contributed by atoms with Crippen molar-refractivity contribution in [2.24, 2.45) is 0 Å². The number of carbonyl (C=O) groups excluding carboxylic acids is 1. The first-order valence-corrected chi connectivity index (χ1v) is 9.50. The lowest BCUT2D eigenvalue weighted by Crippen LogP contribution is -2.04. The van der Waals surface area contributed by atoms with Crippen LogP contribution in [0.2, 0.25) is 0 Å². The largest absolute Gasteiger partial charge is 0.496 e. The molecule has 0 bridgehead atoms. The van der Waals surface area contributed by atoms with Gasteiger partial charge in [-0.2, -0.15) is 13.5 Å². The minimum absolute atomic E-state index is 0.00889.